The van der Waals surface area contributed by atoms with Crippen molar-refractivity contribution in [2.75, 3.05) is 26.8 Å². The predicted octanol–water partition coefficient (Wildman–Crippen LogP) is 3.33. The molecule has 0 radical (unpaired) electrons. The number of amides is 1. The molecule has 0 bridgehead atoms. The Bertz CT molecular complexity index is 495. The third-order valence-corrected chi connectivity index (χ3v) is 3.51. The van der Waals surface area contributed by atoms with Gasteiger partial charge >= 0.3 is 0 Å². The van der Waals surface area contributed by atoms with Crippen LogP contribution in [0.15, 0.2) is 18.2 Å². The molecule has 0 saturated carbocycles. The van der Waals surface area contributed by atoms with Gasteiger partial charge in [-0.15, -0.1) is 12.4 Å². The summed E-state index contributed by atoms with van der Waals surface area (Å²) in [6.07, 6.45) is 0.467. The van der Waals surface area contributed by atoms with Gasteiger partial charge < -0.3 is 20.1 Å². The van der Waals surface area contributed by atoms with Crippen LogP contribution < -0.4 is 20.1 Å². The summed E-state index contributed by atoms with van der Waals surface area (Å²) in [6.45, 7) is 9.92. The Morgan fingerprint density at radius 3 is 2.29 bits per heavy atom. The Morgan fingerprint density at radius 1 is 1.12 bits per heavy atom. The van der Waals surface area contributed by atoms with Gasteiger partial charge in [-0.25, -0.2) is 0 Å². The molecule has 1 aromatic rings. The summed E-state index contributed by atoms with van der Waals surface area (Å²) in [6, 6.07) is 5.83. The van der Waals surface area contributed by atoms with Gasteiger partial charge in [-0.2, -0.15) is 0 Å². The van der Waals surface area contributed by atoms with Crippen LogP contribution >= 0.6 is 12.4 Å². The third kappa shape index (κ3) is 6.97. The SMILES string of the molecule is CCOc1ccc(C(NC(=O)CCNC)C(C)C)cc1OCC.Cl. The van der Waals surface area contributed by atoms with Crippen LogP contribution in [0.3, 0.4) is 0 Å². The van der Waals surface area contributed by atoms with Gasteiger partial charge in [0, 0.05) is 13.0 Å². The Labute approximate surface area is 151 Å². The second-order valence-electron chi connectivity index (χ2n) is 5.71. The molecule has 1 amide bonds. The van der Waals surface area contributed by atoms with E-state index in [-0.39, 0.29) is 30.3 Å². The minimum Gasteiger partial charge on any atom is -0.490 e. The average Bonchev–Trinajstić information content (AvgIpc) is 2.52. The monoisotopic (exact) mass is 358 g/mol. The van der Waals surface area contributed by atoms with Crippen LogP contribution in [-0.2, 0) is 4.79 Å². The number of nitrogens with one attached hydrogen (secondary N) is 2. The highest BCUT2D eigenvalue weighted by atomic mass is 35.5. The van der Waals surface area contributed by atoms with Gasteiger partial charge in [0.2, 0.25) is 5.91 Å². The molecular weight excluding hydrogens is 328 g/mol. The highest BCUT2D eigenvalue weighted by molar-refractivity contribution is 5.85. The largest absolute Gasteiger partial charge is 0.490 e. The number of carbonyl (C=O) groups excluding carboxylic acids is 1. The van der Waals surface area contributed by atoms with Crippen LogP contribution in [0.2, 0.25) is 0 Å². The third-order valence-electron chi connectivity index (χ3n) is 3.51. The topological polar surface area (TPSA) is 59.6 Å². The van der Waals surface area contributed by atoms with E-state index in [1.165, 1.54) is 0 Å². The molecule has 0 spiro atoms. The molecule has 0 aliphatic heterocycles. The maximum Gasteiger partial charge on any atom is 0.221 e. The molecule has 0 aliphatic carbocycles. The van der Waals surface area contributed by atoms with Crippen molar-refractivity contribution in [1.82, 2.24) is 10.6 Å². The molecule has 1 aromatic carbocycles. The normalized spacial score (nSPS) is 11.6. The lowest BCUT2D eigenvalue weighted by Crippen LogP contribution is -2.33. The fourth-order valence-electron chi connectivity index (χ4n) is 2.38. The summed E-state index contributed by atoms with van der Waals surface area (Å²) in [4.78, 5) is 12.1. The Kier molecular flexibility index (Phi) is 11.3. The van der Waals surface area contributed by atoms with Crippen molar-refractivity contribution in [3.8, 4) is 11.5 Å². The fraction of sp³-hybridized carbons (Fsp3) is 0.611. The van der Waals surface area contributed by atoms with E-state index in [1.54, 1.807) is 0 Å². The van der Waals surface area contributed by atoms with Crippen LogP contribution in [-0.4, -0.2) is 32.7 Å². The average molecular weight is 359 g/mol. The maximum atomic E-state index is 12.1. The zero-order valence-electron chi connectivity index (χ0n) is 15.3. The van der Waals surface area contributed by atoms with Gasteiger partial charge in [-0.05, 0) is 44.5 Å². The van der Waals surface area contributed by atoms with Crippen LogP contribution in [0.4, 0.5) is 0 Å². The molecule has 0 fully saturated rings. The second kappa shape index (κ2) is 12.0. The van der Waals surface area contributed by atoms with E-state index in [1.807, 2.05) is 39.1 Å². The van der Waals surface area contributed by atoms with E-state index < -0.39 is 0 Å². The molecule has 1 atom stereocenters. The van der Waals surface area contributed by atoms with Crippen molar-refractivity contribution in [2.45, 2.75) is 40.2 Å². The van der Waals surface area contributed by atoms with Crippen LogP contribution in [0.25, 0.3) is 0 Å². The lowest BCUT2D eigenvalue weighted by Gasteiger charge is -2.24. The zero-order chi connectivity index (χ0) is 17.2. The summed E-state index contributed by atoms with van der Waals surface area (Å²) in [5.41, 5.74) is 1.03. The van der Waals surface area contributed by atoms with Gasteiger partial charge in [-0.1, -0.05) is 19.9 Å². The molecule has 0 heterocycles. The van der Waals surface area contributed by atoms with Crippen molar-refractivity contribution >= 4 is 18.3 Å². The lowest BCUT2D eigenvalue weighted by atomic mass is 9.95. The molecule has 24 heavy (non-hydrogen) atoms. The Morgan fingerprint density at radius 2 is 1.75 bits per heavy atom. The van der Waals surface area contributed by atoms with E-state index in [4.69, 9.17) is 9.47 Å². The first-order valence-electron chi connectivity index (χ1n) is 8.36. The quantitative estimate of drug-likeness (QED) is 0.673. The van der Waals surface area contributed by atoms with Gasteiger partial charge in [0.1, 0.15) is 0 Å². The Balaban J connectivity index is 0.00000529. The molecule has 0 aromatic heterocycles. The number of halogens is 1. The molecule has 5 nitrogen and oxygen atoms in total. The van der Waals surface area contributed by atoms with Crippen LogP contribution in [0.5, 0.6) is 11.5 Å². The summed E-state index contributed by atoms with van der Waals surface area (Å²) >= 11 is 0. The van der Waals surface area contributed by atoms with E-state index in [9.17, 15) is 4.79 Å². The summed E-state index contributed by atoms with van der Waals surface area (Å²) in [5, 5.41) is 6.10. The smallest absolute Gasteiger partial charge is 0.221 e. The molecule has 0 aliphatic rings. The number of carbonyl (C=O) groups is 1. The summed E-state index contributed by atoms with van der Waals surface area (Å²) in [5.74, 6) is 1.79. The van der Waals surface area contributed by atoms with E-state index >= 15 is 0 Å². The van der Waals surface area contributed by atoms with Gasteiger partial charge in [-0.3, -0.25) is 4.79 Å². The minimum atomic E-state index is -0.0470. The first-order valence-corrected chi connectivity index (χ1v) is 8.36. The number of benzene rings is 1. The summed E-state index contributed by atoms with van der Waals surface area (Å²) < 4.78 is 11.3. The lowest BCUT2D eigenvalue weighted by molar-refractivity contribution is -0.122. The molecule has 2 N–H and O–H groups in total. The number of hydrogen-bond donors (Lipinski definition) is 2. The van der Waals surface area contributed by atoms with E-state index in [0.29, 0.717) is 26.2 Å². The highest BCUT2D eigenvalue weighted by Crippen LogP contribution is 2.32. The zero-order valence-corrected chi connectivity index (χ0v) is 16.2. The first kappa shape index (κ1) is 22.5. The van der Waals surface area contributed by atoms with Gasteiger partial charge in [0.15, 0.2) is 11.5 Å². The highest BCUT2D eigenvalue weighted by Gasteiger charge is 2.20. The molecule has 0 saturated heterocycles. The second-order valence-corrected chi connectivity index (χ2v) is 5.71. The number of rotatable bonds is 10. The van der Waals surface area contributed by atoms with Crippen molar-refractivity contribution in [3.05, 3.63) is 23.8 Å². The minimum absolute atomic E-state index is 0. The van der Waals surface area contributed by atoms with Crippen molar-refractivity contribution in [3.63, 3.8) is 0 Å². The van der Waals surface area contributed by atoms with Crippen molar-refractivity contribution in [2.24, 2.45) is 5.92 Å². The molecule has 138 valence electrons. The first-order chi connectivity index (χ1) is 11.0. The number of ether oxygens (including phenoxy) is 2. The predicted molar refractivity (Wildman–Crippen MR) is 100 cm³/mol. The van der Waals surface area contributed by atoms with Gasteiger partial charge in [0.05, 0.1) is 19.3 Å². The molecule has 1 unspecified atom stereocenters. The van der Waals surface area contributed by atoms with E-state index in [0.717, 1.165) is 17.1 Å². The maximum absolute atomic E-state index is 12.1. The van der Waals surface area contributed by atoms with Crippen LogP contribution in [0, 0.1) is 5.92 Å². The van der Waals surface area contributed by atoms with Crippen molar-refractivity contribution < 1.29 is 14.3 Å². The van der Waals surface area contributed by atoms with Gasteiger partial charge in [0.25, 0.3) is 0 Å². The Hall–Kier alpha value is -1.46. The molecular formula is C18H31ClN2O3. The van der Waals surface area contributed by atoms with Crippen LogP contribution in [0.1, 0.15) is 45.7 Å². The molecule has 6 heteroatoms. The van der Waals surface area contributed by atoms with Crippen molar-refractivity contribution in [1.29, 1.82) is 0 Å². The standard InChI is InChI=1S/C18H30N2O3.ClH/c1-6-22-15-9-8-14(12-16(15)23-7-2)18(13(3)4)20-17(21)10-11-19-5;/h8-9,12-13,18-19H,6-7,10-11H2,1-5H3,(H,20,21);1H. The summed E-state index contributed by atoms with van der Waals surface area (Å²) in [7, 11) is 1.84. The number of hydrogen-bond acceptors (Lipinski definition) is 4. The van der Waals surface area contributed by atoms with E-state index in [2.05, 4.69) is 24.5 Å². The molecule has 1 rings (SSSR count). The fourth-order valence-corrected chi connectivity index (χ4v) is 2.38.